The Kier molecular flexibility index (Phi) is 8.79. The summed E-state index contributed by atoms with van der Waals surface area (Å²) in [5.74, 6) is 1.70. The molecule has 104 valence electrons. The predicted octanol–water partition coefficient (Wildman–Crippen LogP) is 2.41. The monoisotopic (exact) mass is 319 g/mol. The minimum absolute atomic E-state index is 0. The molecular weight excluding hydrogens is 298 g/mol. The van der Waals surface area contributed by atoms with Crippen LogP contribution in [-0.2, 0) is 11.3 Å². The first-order valence-corrected chi connectivity index (χ1v) is 5.64. The van der Waals surface area contributed by atoms with Gasteiger partial charge in [0.2, 0.25) is 0 Å². The van der Waals surface area contributed by atoms with Gasteiger partial charge in [-0.15, -0.1) is 17.0 Å². The van der Waals surface area contributed by atoms with Crippen LogP contribution in [0.1, 0.15) is 12.5 Å². The largest absolute Gasteiger partial charge is 0.497 e. The molecule has 4 nitrogen and oxygen atoms in total. The molecule has 0 aliphatic carbocycles. The SMILES string of the molecule is Br.COCC(C)NCc1cc(OC)ccc1OC. The summed E-state index contributed by atoms with van der Waals surface area (Å²) in [5.41, 5.74) is 1.08. The Morgan fingerprint density at radius 1 is 1.17 bits per heavy atom. The van der Waals surface area contributed by atoms with Crippen LogP contribution in [0.25, 0.3) is 0 Å². The minimum Gasteiger partial charge on any atom is -0.497 e. The highest BCUT2D eigenvalue weighted by atomic mass is 79.9. The van der Waals surface area contributed by atoms with Crippen molar-refractivity contribution in [3.05, 3.63) is 23.8 Å². The lowest BCUT2D eigenvalue weighted by Crippen LogP contribution is -2.29. The molecule has 0 fully saturated rings. The molecule has 1 aromatic rings. The van der Waals surface area contributed by atoms with Crippen LogP contribution in [0.2, 0.25) is 0 Å². The van der Waals surface area contributed by atoms with E-state index >= 15 is 0 Å². The quantitative estimate of drug-likeness (QED) is 0.837. The molecule has 0 aromatic heterocycles. The number of hydrogen-bond acceptors (Lipinski definition) is 4. The van der Waals surface area contributed by atoms with Crippen LogP contribution in [0, 0.1) is 0 Å². The number of nitrogens with one attached hydrogen (secondary N) is 1. The standard InChI is InChI=1S/C13H21NO3.BrH/c1-10(9-15-2)14-8-11-7-12(16-3)5-6-13(11)17-4;/h5-7,10,14H,8-9H2,1-4H3;1H. The molecule has 5 heteroatoms. The van der Waals surface area contributed by atoms with Crippen molar-refractivity contribution in [3.8, 4) is 11.5 Å². The van der Waals surface area contributed by atoms with E-state index in [0.717, 1.165) is 23.6 Å². The van der Waals surface area contributed by atoms with Gasteiger partial charge >= 0.3 is 0 Å². The van der Waals surface area contributed by atoms with Gasteiger partial charge in [-0.1, -0.05) is 0 Å². The molecule has 0 radical (unpaired) electrons. The van der Waals surface area contributed by atoms with E-state index in [1.807, 2.05) is 18.2 Å². The van der Waals surface area contributed by atoms with Crippen LogP contribution < -0.4 is 14.8 Å². The van der Waals surface area contributed by atoms with Crippen LogP contribution in [0.5, 0.6) is 11.5 Å². The molecule has 0 bridgehead atoms. The molecule has 0 heterocycles. The maximum absolute atomic E-state index is 5.31. The number of methoxy groups -OCH3 is 3. The van der Waals surface area contributed by atoms with Crippen LogP contribution in [0.4, 0.5) is 0 Å². The highest BCUT2D eigenvalue weighted by Gasteiger charge is 2.07. The van der Waals surface area contributed by atoms with Crippen molar-refractivity contribution in [2.75, 3.05) is 27.9 Å². The molecule has 1 N–H and O–H groups in total. The summed E-state index contributed by atoms with van der Waals surface area (Å²) in [6.07, 6.45) is 0. The van der Waals surface area contributed by atoms with Crippen molar-refractivity contribution < 1.29 is 14.2 Å². The number of ether oxygens (including phenoxy) is 3. The average molecular weight is 320 g/mol. The Morgan fingerprint density at radius 3 is 2.44 bits per heavy atom. The van der Waals surface area contributed by atoms with Gasteiger partial charge in [-0.3, -0.25) is 0 Å². The molecular formula is C13H22BrNO3. The highest BCUT2D eigenvalue weighted by molar-refractivity contribution is 8.93. The number of benzene rings is 1. The second kappa shape index (κ2) is 9.19. The van der Waals surface area contributed by atoms with Crippen molar-refractivity contribution in [1.82, 2.24) is 5.32 Å². The van der Waals surface area contributed by atoms with Crippen LogP contribution >= 0.6 is 17.0 Å². The molecule has 1 atom stereocenters. The highest BCUT2D eigenvalue weighted by Crippen LogP contribution is 2.23. The molecule has 0 saturated heterocycles. The summed E-state index contributed by atoms with van der Waals surface area (Å²) in [4.78, 5) is 0. The second-order valence-corrected chi connectivity index (χ2v) is 3.92. The van der Waals surface area contributed by atoms with E-state index in [1.54, 1.807) is 21.3 Å². The normalized spacial score (nSPS) is 11.6. The first-order chi connectivity index (χ1) is 8.21. The Bertz CT molecular complexity index is 347. The van der Waals surface area contributed by atoms with Gasteiger partial charge in [0.05, 0.1) is 20.8 Å². The lowest BCUT2D eigenvalue weighted by Gasteiger charge is -2.15. The van der Waals surface area contributed by atoms with Gasteiger partial charge in [-0.25, -0.2) is 0 Å². The molecule has 0 spiro atoms. The molecule has 1 aromatic carbocycles. The maximum Gasteiger partial charge on any atom is 0.123 e. The fourth-order valence-electron chi connectivity index (χ4n) is 1.61. The van der Waals surface area contributed by atoms with Gasteiger partial charge in [0, 0.05) is 25.3 Å². The van der Waals surface area contributed by atoms with Gasteiger partial charge in [0.25, 0.3) is 0 Å². The first-order valence-electron chi connectivity index (χ1n) is 5.64. The molecule has 18 heavy (non-hydrogen) atoms. The van der Waals surface area contributed by atoms with Crippen LogP contribution in [0.15, 0.2) is 18.2 Å². The van der Waals surface area contributed by atoms with E-state index in [1.165, 1.54) is 0 Å². The first kappa shape index (κ1) is 17.2. The molecule has 0 aliphatic heterocycles. The zero-order valence-electron chi connectivity index (χ0n) is 11.4. The Balaban J connectivity index is 0.00000289. The van der Waals surface area contributed by atoms with Gasteiger partial charge < -0.3 is 19.5 Å². The van der Waals surface area contributed by atoms with E-state index < -0.39 is 0 Å². The summed E-state index contributed by atoms with van der Waals surface area (Å²) in [6, 6.07) is 6.08. The minimum atomic E-state index is 0. The lowest BCUT2D eigenvalue weighted by molar-refractivity contribution is 0.171. The third kappa shape index (κ3) is 5.25. The van der Waals surface area contributed by atoms with Crippen molar-refractivity contribution in [2.24, 2.45) is 0 Å². The topological polar surface area (TPSA) is 39.7 Å². The van der Waals surface area contributed by atoms with E-state index in [-0.39, 0.29) is 17.0 Å². The predicted molar refractivity (Wildman–Crippen MR) is 78.0 cm³/mol. The maximum atomic E-state index is 5.31. The Morgan fingerprint density at radius 2 is 1.89 bits per heavy atom. The Hall–Kier alpha value is -0.780. The average Bonchev–Trinajstić information content (AvgIpc) is 2.36. The fourth-order valence-corrected chi connectivity index (χ4v) is 1.61. The van der Waals surface area contributed by atoms with Crippen LogP contribution in [0.3, 0.4) is 0 Å². The number of rotatable bonds is 7. The lowest BCUT2D eigenvalue weighted by atomic mass is 10.1. The molecule has 1 unspecified atom stereocenters. The number of hydrogen-bond donors (Lipinski definition) is 1. The molecule has 1 rings (SSSR count). The van der Waals surface area contributed by atoms with E-state index in [2.05, 4.69) is 12.2 Å². The van der Waals surface area contributed by atoms with Crippen molar-refractivity contribution >= 4 is 17.0 Å². The van der Waals surface area contributed by atoms with Crippen molar-refractivity contribution in [1.29, 1.82) is 0 Å². The fraction of sp³-hybridized carbons (Fsp3) is 0.538. The second-order valence-electron chi connectivity index (χ2n) is 3.92. The third-order valence-electron chi connectivity index (χ3n) is 2.55. The number of halogens is 1. The van der Waals surface area contributed by atoms with Gasteiger partial charge in [0.15, 0.2) is 0 Å². The van der Waals surface area contributed by atoms with E-state index in [0.29, 0.717) is 12.6 Å². The zero-order valence-corrected chi connectivity index (χ0v) is 13.1. The van der Waals surface area contributed by atoms with Crippen molar-refractivity contribution in [3.63, 3.8) is 0 Å². The molecule has 0 saturated carbocycles. The molecule has 0 amide bonds. The van der Waals surface area contributed by atoms with Gasteiger partial charge in [-0.05, 0) is 25.1 Å². The van der Waals surface area contributed by atoms with Gasteiger partial charge in [0.1, 0.15) is 11.5 Å². The summed E-state index contributed by atoms with van der Waals surface area (Å²) < 4.78 is 15.6. The zero-order chi connectivity index (χ0) is 12.7. The third-order valence-corrected chi connectivity index (χ3v) is 2.55. The summed E-state index contributed by atoms with van der Waals surface area (Å²) in [5, 5.41) is 3.37. The summed E-state index contributed by atoms with van der Waals surface area (Å²) in [7, 11) is 5.03. The molecule has 0 aliphatic rings. The Labute approximate surface area is 119 Å². The summed E-state index contributed by atoms with van der Waals surface area (Å²) in [6.45, 7) is 3.49. The van der Waals surface area contributed by atoms with E-state index in [9.17, 15) is 0 Å². The smallest absolute Gasteiger partial charge is 0.123 e. The van der Waals surface area contributed by atoms with Gasteiger partial charge in [-0.2, -0.15) is 0 Å². The summed E-state index contributed by atoms with van der Waals surface area (Å²) >= 11 is 0. The van der Waals surface area contributed by atoms with E-state index in [4.69, 9.17) is 14.2 Å². The van der Waals surface area contributed by atoms with Crippen molar-refractivity contribution in [2.45, 2.75) is 19.5 Å². The van der Waals surface area contributed by atoms with Crippen LogP contribution in [-0.4, -0.2) is 34.0 Å².